The van der Waals surface area contributed by atoms with E-state index in [0.717, 1.165) is 25.7 Å². The maximum absolute atomic E-state index is 10.2. The van der Waals surface area contributed by atoms with Crippen LogP contribution in [0.15, 0.2) is 67.0 Å². The van der Waals surface area contributed by atoms with Gasteiger partial charge in [-0.1, -0.05) is 48.5 Å². The quantitative estimate of drug-likeness (QED) is 0.739. The zero-order chi connectivity index (χ0) is 15.2. The van der Waals surface area contributed by atoms with Crippen molar-refractivity contribution in [3.05, 3.63) is 78.1 Å². The van der Waals surface area contributed by atoms with E-state index in [1.807, 2.05) is 12.3 Å². The van der Waals surface area contributed by atoms with Crippen molar-refractivity contribution >= 4 is 10.8 Å². The molecule has 0 saturated heterocycles. The number of hydrogen-bond acceptors (Lipinski definition) is 2. The Hall–Kier alpha value is -2.19. The zero-order valence-electron chi connectivity index (χ0n) is 12.7. The van der Waals surface area contributed by atoms with Crippen molar-refractivity contribution < 1.29 is 5.11 Å². The van der Waals surface area contributed by atoms with Crippen molar-refractivity contribution in [1.82, 2.24) is 4.98 Å². The van der Waals surface area contributed by atoms with Gasteiger partial charge in [0.05, 0.1) is 6.10 Å². The van der Waals surface area contributed by atoms with Gasteiger partial charge in [-0.25, -0.2) is 0 Å². The zero-order valence-corrected chi connectivity index (χ0v) is 12.7. The van der Waals surface area contributed by atoms with Gasteiger partial charge in [-0.15, -0.1) is 0 Å². The third-order valence-electron chi connectivity index (χ3n) is 4.07. The normalized spacial score (nSPS) is 12.4. The first-order valence-corrected chi connectivity index (χ1v) is 7.86. The minimum atomic E-state index is -0.258. The molecule has 3 rings (SSSR count). The Balaban J connectivity index is 1.52. The average Bonchev–Trinajstić information content (AvgIpc) is 2.59. The van der Waals surface area contributed by atoms with Gasteiger partial charge in [0, 0.05) is 12.4 Å². The highest BCUT2D eigenvalue weighted by atomic mass is 16.3. The van der Waals surface area contributed by atoms with E-state index < -0.39 is 0 Å². The summed E-state index contributed by atoms with van der Waals surface area (Å²) in [5.41, 5.74) is 2.48. The van der Waals surface area contributed by atoms with E-state index in [0.29, 0.717) is 0 Å². The summed E-state index contributed by atoms with van der Waals surface area (Å²) in [6.45, 7) is 0. The van der Waals surface area contributed by atoms with Crippen molar-refractivity contribution in [3.63, 3.8) is 0 Å². The van der Waals surface area contributed by atoms with Crippen LogP contribution in [-0.4, -0.2) is 16.2 Å². The summed E-state index contributed by atoms with van der Waals surface area (Å²) in [5.74, 6) is 0. The number of aromatic nitrogens is 1. The summed E-state index contributed by atoms with van der Waals surface area (Å²) in [4.78, 5) is 4.10. The molecule has 0 saturated carbocycles. The molecular formula is C20H21NO. The Morgan fingerprint density at radius 1 is 0.818 bits per heavy atom. The van der Waals surface area contributed by atoms with Crippen molar-refractivity contribution in [2.45, 2.75) is 31.8 Å². The molecule has 0 fully saturated rings. The first-order chi connectivity index (χ1) is 10.8. The number of aliphatic hydroxyl groups excluding tert-OH is 1. The third kappa shape index (κ3) is 3.92. The van der Waals surface area contributed by atoms with Gasteiger partial charge in [-0.3, -0.25) is 4.98 Å². The highest BCUT2D eigenvalue weighted by Gasteiger charge is 2.06. The van der Waals surface area contributed by atoms with Gasteiger partial charge < -0.3 is 5.11 Å². The highest BCUT2D eigenvalue weighted by molar-refractivity contribution is 5.82. The molecule has 1 N–H and O–H groups in total. The van der Waals surface area contributed by atoms with E-state index in [2.05, 4.69) is 53.5 Å². The highest BCUT2D eigenvalue weighted by Crippen LogP contribution is 2.17. The molecule has 2 nitrogen and oxygen atoms in total. The molecule has 0 aliphatic heterocycles. The lowest BCUT2D eigenvalue weighted by atomic mass is 10.00. The molecule has 2 heteroatoms. The molecule has 2 aromatic carbocycles. The second-order valence-electron chi connectivity index (χ2n) is 5.77. The molecule has 22 heavy (non-hydrogen) atoms. The average molecular weight is 291 g/mol. The SMILES string of the molecule is OC(CCc1cccnc1)CCc1ccc2ccccc2c1. The largest absolute Gasteiger partial charge is 0.393 e. The number of fused-ring (bicyclic) bond motifs is 1. The second kappa shape index (κ2) is 7.19. The van der Waals surface area contributed by atoms with E-state index in [-0.39, 0.29) is 6.10 Å². The summed E-state index contributed by atoms with van der Waals surface area (Å²) in [6, 6.07) is 18.9. The lowest BCUT2D eigenvalue weighted by Gasteiger charge is -2.11. The number of aliphatic hydroxyl groups is 1. The fourth-order valence-electron chi connectivity index (χ4n) is 2.75. The lowest BCUT2D eigenvalue weighted by Crippen LogP contribution is -2.09. The van der Waals surface area contributed by atoms with Crippen LogP contribution in [0.3, 0.4) is 0 Å². The fourth-order valence-corrected chi connectivity index (χ4v) is 2.75. The van der Waals surface area contributed by atoms with Crippen LogP contribution in [0.1, 0.15) is 24.0 Å². The lowest BCUT2D eigenvalue weighted by molar-refractivity contribution is 0.155. The van der Waals surface area contributed by atoms with Gasteiger partial charge in [0.15, 0.2) is 0 Å². The van der Waals surface area contributed by atoms with Crippen LogP contribution in [-0.2, 0) is 12.8 Å². The Bertz CT molecular complexity index is 724. The van der Waals surface area contributed by atoms with Gasteiger partial charge in [-0.05, 0) is 53.6 Å². The summed E-state index contributed by atoms with van der Waals surface area (Å²) in [5, 5.41) is 12.7. The molecule has 1 heterocycles. The molecule has 0 amide bonds. The van der Waals surface area contributed by atoms with Gasteiger partial charge in [-0.2, -0.15) is 0 Å². The smallest absolute Gasteiger partial charge is 0.0546 e. The summed E-state index contributed by atoms with van der Waals surface area (Å²) >= 11 is 0. The molecule has 3 aromatic rings. The molecule has 0 aliphatic rings. The van der Waals surface area contributed by atoms with E-state index in [4.69, 9.17) is 0 Å². The first kappa shape index (κ1) is 14.7. The predicted molar refractivity (Wildman–Crippen MR) is 90.8 cm³/mol. The molecule has 1 unspecified atom stereocenters. The molecule has 0 bridgehead atoms. The van der Waals surface area contributed by atoms with E-state index in [9.17, 15) is 5.11 Å². The van der Waals surface area contributed by atoms with E-state index in [1.54, 1.807) is 6.20 Å². The second-order valence-corrected chi connectivity index (χ2v) is 5.77. The topological polar surface area (TPSA) is 33.1 Å². The summed E-state index contributed by atoms with van der Waals surface area (Å²) in [6.07, 6.45) is 6.78. The number of nitrogens with zero attached hydrogens (tertiary/aromatic N) is 1. The molecule has 112 valence electrons. The fraction of sp³-hybridized carbons (Fsp3) is 0.250. The van der Waals surface area contributed by atoms with Crippen LogP contribution in [0.2, 0.25) is 0 Å². The number of benzene rings is 2. The van der Waals surface area contributed by atoms with Crippen molar-refractivity contribution in [2.24, 2.45) is 0 Å². The molecule has 0 aliphatic carbocycles. The Labute approximate surface area is 131 Å². The predicted octanol–water partition coefficient (Wildman–Crippen LogP) is 4.16. The van der Waals surface area contributed by atoms with Crippen LogP contribution in [0, 0.1) is 0 Å². The van der Waals surface area contributed by atoms with Crippen molar-refractivity contribution in [3.8, 4) is 0 Å². The Morgan fingerprint density at radius 2 is 1.59 bits per heavy atom. The molecular weight excluding hydrogens is 270 g/mol. The van der Waals surface area contributed by atoms with Crippen molar-refractivity contribution in [2.75, 3.05) is 0 Å². The summed E-state index contributed by atoms with van der Waals surface area (Å²) in [7, 11) is 0. The maximum Gasteiger partial charge on any atom is 0.0546 e. The minimum Gasteiger partial charge on any atom is -0.393 e. The molecule has 1 atom stereocenters. The van der Waals surface area contributed by atoms with Crippen LogP contribution < -0.4 is 0 Å². The minimum absolute atomic E-state index is 0.258. The number of hydrogen-bond donors (Lipinski definition) is 1. The molecule has 1 aromatic heterocycles. The van der Waals surface area contributed by atoms with E-state index in [1.165, 1.54) is 21.9 Å². The van der Waals surface area contributed by atoms with Gasteiger partial charge in [0.2, 0.25) is 0 Å². The van der Waals surface area contributed by atoms with Gasteiger partial charge in [0.1, 0.15) is 0 Å². The van der Waals surface area contributed by atoms with Crippen LogP contribution >= 0.6 is 0 Å². The first-order valence-electron chi connectivity index (χ1n) is 7.86. The Kier molecular flexibility index (Phi) is 4.81. The summed E-state index contributed by atoms with van der Waals surface area (Å²) < 4.78 is 0. The monoisotopic (exact) mass is 291 g/mol. The van der Waals surface area contributed by atoms with Gasteiger partial charge >= 0.3 is 0 Å². The standard InChI is InChI=1S/C20H21NO/c22-20(12-9-17-4-3-13-21-15-17)11-8-16-7-10-18-5-1-2-6-19(18)14-16/h1-7,10,13-15,20,22H,8-9,11-12H2. The van der Waals surface area contributed by atoms with Crippen LogP contribution in [0.5, 0.6) is 0 Å². The van der Waals surface area contributed by atoms with Crippen LogP contribution in [0.4, 0.5) is 0 Å². The number of rotatable bonds is 6. The van der Waals surface area contributed by atoms with Crippen LogP contribution in [0.25, 0.3) is 10.8 Å². The van der Waals surface area contributed by atoms with Crippen molar-refractivity contribution in [1.29, 1.82) is 0 Å². The van der Waals surface area contributed by atoms with Gasteiger partial charge in [0.25, 0.3) is 0 Å². The Morgan fingerprint density at radius 3 is 2.36 bits per heavy atom. The molecule has 0 spiro atoms. The number of pyridine rings is 1. The number of aryl methyl sites for hydroxylation is 2. The maximum atomic E-state index is 10.2. The third-order valence-corrected chi connectivity index (χ3v) is 4.07. The van der Waals surface area contributed by atoms with E-state index >= 15 is 0 Å². The molecule has 0 radical (unpaired) electrons.